The summed E-state index contributed by atoms with van der Waals surface area (Å²) in [5.41, 5.74) is 2.02. The molecule has 1 aliphatic heterocycles. The van der Waals surface area contributed by atoms with E-state index in [0.717, 1.165) is 23.3 Å². The second kappa shape index (κ2) is 3.00. The second-order valence-electron chi connectivity index (χ2n) is 4.75. The van der Waals surface area contributed by atoms with Gasteiger partial charge in [-0.05, 0) is 42.0 Å². The van der Waals surface area contributed by atoms with E-state index in [9.17, 15) is 0 Å². The second-order valence-corrected chi connectivity index (χ2v) is 4.75. The maximum absolute atomic E-state index is 8.71. The highest BCUT2D eigenvalue weighted by molar-refractivity contribution is 5.51. The largest absolute Gasteiger partial charge is 0.371 e. The number of hydrogen-bond donors (Lipinski definition) is 0. The molecule has 0 aromatic heterocycles. The molecule has 2 fully saturated rings. The average Bonchev–Trinajstić information content (AvgIpc) is 2.74. The van der Waals surface area contributed by atoms with Crippen LogP contribution in [0.5, 0.6) is 0 Å². The van der Waals surface area contributed by atoms with Crippen LogP contribution >= 0.6 is 0 Å². The molecule has 1 aromatic rings. The fourth-order valence-corrected chi connectivity index (χ4v) is 2.78. The Morgan fingerprint density at radius 3 is 2.33 bits per heavy atom. The Balaban J connectivity index is 1.75. The first kappa shape index (κ1) is 8.79. The minimum Gasteiger partial charge on any atom is -0.371 e. The topological polar surface area (TPSA) is 27.0 Å². The van der Waals surface area contributed by atoms with E-state index in [4.69, 9.17) is 5.26 Å². The molecule has 2 aliphatic rings. The van der Waals surface area contributed by atoms with Gasteiger partial charge in [0.1, 0.15) is 0 Å². The van der Waals surface area contributed by atoms with Gasteiger partial charge in [0, 0.05) is 18.8 Å². The van der Waals surface area contributed by atoms with Crippen molar-refractivity contribution in [2.24, 2.45) is 17.8 Å². The molecule has 2 unspecified atom stereocenters. The van der Waals surface area contributed by atoms with Crippen molar-refractivity contribution in [1.82, 2.24) is 0 Å². The summed E-state index contributed by atoms with van der Waals surface area (Å²) in [7, 11) is 0. The molecule has 0 N–H and O–H groups in total. The van der Waals surface area contributed by atoms with Crippen LogP contribution in [0.3, 0.4) is 0 Å². The van der Waals surface area contributed by atoms with E-state index in [-0.39, 0.29) is 0 Å². The fourth-order valence-electron chi connectivity index (χ4n) is 2.78. The smallest absolute Gasteiger partial charge is 0.0991 e. The Morgan fingerprint density at radius 1 is 1.20 bits per heavy atom. The number of piperidine rings is 1. The molecule has 0 spiro atoms. The van der Waals surface area contributed by atoms with Gasteiger partial charge in [0.15, 0.2) is 0 Å². The van der Waals surface area contributed by atoms with Crippen LogP contribution in [0.1, 0.15) is 12.5 Å². The zero-order valence-electron chi connectivity index (χ0n) is 8.85. The standard InChI is InChI=1S/C13H14N2/c1-9-12-7-15(8-13(9)12)11-4-2-10(6-14)3-5-11/h2-5,9,12-13H,7-8H2,1H3. The Bertz CT molecular complexity index is 403. The first-order valence-electron chi connectivity index (χ1n) is 5.54. The number of nitriles is 1. The molecule has 76 valence electrons. The summed E-state index contributed by atoms with van der Waals surface area (Å²) in [5, 5.41) is 8.71. The third kappa shape index (κ3) is 1.31. The van der Waals surface area contributed by atoms with Gasteiger partial charge in [-0.3, -0.25) is 0 Å². The number of benzene rings is 1. The molecule has 2 heteroatoms. The highest BCUT2D eigenvalue weighted by Crippen LogP contribution is 2.51. The van der Waals surface area contributed by atoms with Crippen LogP contribution in [0, 0.1) is 29.1 Å². The van der Waals surface area contributed by atoms with E-state index in [1.807, 2.05) is 12.1 Å². The third-order valence-electron chi connectivity index (χ3n) is 3.98. The lowest BCUT2D eigenvalue weighted by Crippen LogP contribution is -2.23. The first-order chi connectivity index (χ1) is 7.29. The van der Waals surface area contributed by atoms with Crippen molar-refractivity contribution in [2.75, 3.05) is 18.0 Å². The summed E-state index contributed by atoms with van der Waals surface area (Å²) in [5.74, 6) is 2.81. The van der Waals surface area contributed by atoms with Crippen molar-refractivity contribution in [3.8, 4) is 6.07 Å². The van der Waals surface area contributed by atoms with Gasteiger partial charge in [0.05, 0.1) is 11.6 Å². The Morgan fingerprint density at radius 2 is 1.80 bits per heavy atom. The van der Waals surface area contributed by atoms with E-state index >= 15 is 0 Å². The zero-order valence-corrected chi connectivity index (χ0v) is 8.85. The molecule has 15 heavy (non-hydrogen) atoms. The molecule has 1 saturated heterocycles. The third-order valence-corrected chi connectivity index (χ3v) is 3.98. The van der Waals surface area contributed by atoms with Crippen LogP contribution in [0.4, 0.5) is 5.69 Å². The van der Waals surface area contributed by atoms with Crippen LogP contribution < -0.4 is 4.90 Å². The van der Waals surface area contributed by atoms with Crippen LogP contribution in [0.25, 0.3) is 0 Å². The molecule has 0 radical (unpaired) electrons. The van der Waals surface area contributed by atoms with E-state index in [2.05, 4.69) is 30.0 Å². The summed E-state index contributed by atoms with van der Waals surface area (Å²) >= 11 is 0. The van der Waals surface area contributed by atoms with E-state index in [1.54, 1.807) is 0 Å². The average molecular weight is 198 g/mol. The van der Waals surface area contributed by atoms with Gasteiger partial charge in [-0.15, -0.1) is 0 Å². The molecule has 2 atom stereocenters. The van der Waals surface area contributed by atoms with Gasteiger partial charge in [-0.2, -0.15) is 5.26 Å². The van der Waals surface area contributed by atoms with E-state index in [1.165, 1.54) is 18.8 Å². The molecular weight excluding hydrogens is 184 g/mol. The van der Waals surface area contributed by atoms with Crippen molar-refractivity contribution in [3.05, 3.63) is 29.8 Å². The van der Waals surface area contributed by atoms with Gasteiger partial charge in [0.25, 0.3) is 0 Å². The summed E-state index contributed by atoms with van der Waals surface area (Å²) in [6.07, 6.45) is 0. The molecule has 2 nitrogen and oxygen atoms in total. The molecule has 1 heterocycles. The molecule has 0 bridgehead atoms. The van der Waals surface area contributed by atoms with Crippen molar-refractivity contribution in [3.63, 3.8) is 0 Å². The van der Waals surface area contributed by atoms with Crippen molar-refractivity contribution < 1.29 is 0 Å². The zero-order chi connectivity index (χ0) is 10.4. The lowest BCUT2D eigenvalue weighted by Gasteiger charge is -2.21. The lowest BCUT2D eigenvalue weighted by molar-refractivity contribution is 0.690. The Labute approximate surface area is 90.1 Å². The predicted octanol–water partition coefficient (Wildman–Crippen LogP) is 2.26. The van der Waals surface area contributed by atoms with Gasteiger partial charge in [0.2, 0.25) is 0 Å². The molecular formula is C13H14N2. The van der Waals surface area contributed by atoms with Crippen LogP contribution in [0.15, 0.2) is 24.3 Å². The minimum absolute atomic E-state index is 0.747. The lowest BCUT2D eigenvalue weighted by atomic mass is 10.2. The number of anilines is 1. The van der Waals surface area contributed by atoms with Crippen molar-refractivity contribution in [2.45, 2.75) is 6.92 Å². The Hall–Kier alpha value is -1.49. The highest BCUT2D eigenvalue weighted by atomic mass is 15.2. The fraction of sp³-hybridized carbons (Fsp3) is 0.462. The monoisotopic (exact) mass is 198 g/mol. The molecule has 3 rings (SSSR count). The first-order valence-corrected chi connectivity index (χ1v) is 5.54. The number of hydrogen-bond acceptors (Lipinski definition) is 2. The summed E-state index contributed by atoms with van der Waals surface area (Å²) in [6, 6.07) is 10.1. The van der Waals surface area contributed by atoms with Crippen LogP contribution in [-0.2, 0) is 0 Å². The molecule has 0 amide bonds. The van der Waals surface area contributed by atoms with Crippen molar-refractivity contribution >= 4 is 5.69 Å². The van der Waals surface area contributed by atoms with Crippen LogP contribution in [0.2, 0.25) is 0 Å². The minimum atomic E-state index is 0.747. The van der Waals surface area contributed by atoms with E-state index < -0.39 is 0 Å². The Kier molecular flexibility index (Phi) is 1.76. The molecule has 1 aliphatic carbocycles. The van der Waals surface area contributed by atoms with E-state index in [0.29, 0.717) is 0 Å². The van der Waals surface area contributed by atoms with Gasteiger partial charge >= 0.3 is 0 Å². The SMILES string of the molecule is CC1C2CN(c3ccc(C#N)cc3)CC12. The maximum Gasteiger partial charge on any atom is 0.0991 e. The van der Waals surface area contributed by atoms with Gasteiger partial charge in [-0.25, -0.2) is 0 Å². The van der Waals surface area contributed by atoms with Gasteiger partial charge in [-0.1, -0.05) is 6.92 Å². The maximum atomic E-state index is 8.71. The predicted molar refractivity (Wildman–Crippen MR) is 59.5 cm³/mol. The number of nitrogens with zero attached hydrogens (tertiary/aromatic N) is 2. The molecule has 1 saturated carbocycles. The quantitative estimate of drug-likeness (QED) is 0.692. The van der Waals surface area contributed by atoms with Gasteiger partial charge < -0.3 is 4.90 Å². The highest BCUT2D eigenvalue weighted by Gasteiger charge is 2.52. The summed E-state index contributed by atoms with van der Waals surface area (Å²) in [4.78, 5) is 2.44. The number of fused-ring (bicyclic) bond motifs is 1. The van der Waals surface area contributed by atoms with Crippen LogP contribution in [-0.4, -0.2) is 13.1 Å². The summed E-state index contributed by atoms with van der Waals surface area (Å²) in [6.45, 7) is 4.76. The normalized spacial score (nSPS) is 32.3. The molecule has 1 aromatic carbocycles. The number of rotatable bonds is 1. The van der Waals surface area contributed by atoms with Crippen molar-refractivity contribution in [1.29, 1.82) is 5.26 Å². The summed E-state index contributed by atoms with van der Waals surface area (Å²) < 4.78 is 0.